The highest BCUT2D eigenvalue weighted by molar-refractivity contribution is 6.02. The molecule has 2 aromatic carbocycles. The normalized spacial score (nSPS) is 10.7. The van der Waals surface area contributed by atoms with Crippen molar-refractivity contribution in [2.45, 2.75) is 13.1 Å². The number of rotatable bonds is 4. The van der Waals surface area contributed by atoms with Gasteiger partial charge < -0.3 is 10.2 Å². The van der Waals surface area contributed by atoms with Gasteiger partial charge in [-0.2, -0.15) is 18.4 Å². The Balaban J connectivity index is 2.22. The first-order chi connectivity index (χ1) is 12.2. The summed E-state index contributed by atoms with van der Waals surface area (Å²) in [5.74, 6) is -1.23. The van der Waals surface area contributed by atoms with E-state index in [0.717, 1.165) is 30.0 Å². The van der Waals surface area contributed by atoms with Crippen LogP contribution in [0.25, 0.3) is 0 Å². The average Bonchev–Trinajstić information content (AvgIpc) is 2.59. The second-order valence-electron chi connectivity index (χ2n) is 5.36. The van der Waals surface area contributed by atoms with Crippen molar-refractivity contribution in [1.82, 2.24) is 0 Å². The Morgan fingerprint density at radius 2 is 1.85 bits per heavy atom. The van der Waals surface area contributed by atoms with E-state index in [2.05, 4.69) is 5.32 Å². The molecule has 0 aliphatic heterocycles. The number of benzene rings is 2. The zero-order valence-electron chi connectivity index (χ0n) is 13.7. The Hall–Kier alpha value is -3.34. The largest absolute Gasteiger partial charge is 0.416 e. The second kappa shape index (κ2) is 7.70. The fourth-order valence-electron chi connectivity index (χ4n) is 2.26. The lowest BCUT2D eigenvalue weighted by Gasteiger charge is -2.22. The quantitative estimate of drug-likeness (QED) is 0.905. The van der Waals surface area contributed by atoms with Crippen LogP contribution in [-0.4, -0.2) is 18.4 Å². The van der Waals surface area contributed by atoms with Crippen molar-refractivity contribution in [1.29, 1.82) is 5.26 Å². The minimum absolute atomic E-state index is 0.0453. The first-order valence-corrected chi connectivity index (χ1v) is 7.46. The second-order valence-corrected chi connectivity index (χ2v) is 5.36. The standard InChI is InChI=1S/C18H14F3N3O2/c1-12(25)24(15-7-4-6-14(9-15)18(19,20)21)11-17(26)23-16-8-3-2-5-13(16)10-22/h2-9H,11H2,1H3,(H,23,26). The van der Waals surface area contributed by atoms with E-state index in [1.165, 1.54) is 18.2 Å². The number of carbonyl (C=O) groups excluding carboxylic acids is 2. The number of alkyl halides is 3. The van der Waals surface area contributed by atoms with Crippen LogP contribution in [0.1, 0.15) is 18.1 Å². The van der Waals surface area contributed by atoms with E-state index in [4.69, 9.17) is 5.26 Å². The van der Waals surface area contributed by atoms with Gasteiger partial charge in [0.25, 0.3) is 0 Å². The summed E-state index contributed by atoms with van der Waals surface area (Å²) in [7, 11) is 0. The Kier molecular flexibility index (Phi) is 5.62. The van der Waals surface area contributed by atoms with E-state index in [1.54, 1.807) is 12.1 Å². The molecule has 0 aromatic heterocycles. The van der Waals surface area contributed by atoms with Crippen LogP contribution in [0.15, 0.2) is 48.5 Å². The van der Waals surface area contributed by atoms with E-state index < -0.39 is 30.1 Å². The fourth-order valence-corrected chi connectivity index (χ4v) is 2.26. The SMILES string of the molecule is CC(=O)N(CC(=O)Nc1ccccc1C#N)c1cccc(C(F)(F)F)c1. The topological polar surface area (TPSA) is 73.2 Å². The highest BCUT2D eigenvalue weighted by atomic mass is 19.4. The van der Waals surface area contributed by atoms with Crippen LogP contribution in [0.5, 0.6) is 0 Å². The van der Waals surface area contributed by atoms with Gasteiger partial charge in [0.1, 0.15) is 12.6 Å². The number of hydrogen-bond donors (Lipinski definition) is 1. The van der Waals surface area contributed by atoms with Gasteiger partial charge in [0, 0.05) is 12.6 Å². The number of carbonyl (C=O) groups is 2. The lowest BCUT2D eigenvalue weighted by molar-refractivity contribution is -0.137. The van der Waals surface area contributed by atoms with Gasteiger partial charge >= 0.3 is 6.18 Å². The number of amides is 2. The van der Waals surface area contributed by atoms with Crippen molar-refractivity contribution < 1.29 is 22.8 Å². The highest BCUT2D eigenvalue weighted by Gasteiger charge is 2.31. The molecule has 26 heavy (non-hydrogen) atoms. The molecule has 5 nitrogen and oxygen atoms in total. The maximum absolute atomic E-state index is 12.9. The highest BCUT2D eigenvalue weighted by Crippen LogP contribution is 2.31. The molecule has 0 radical (unpaired) electrons. The Bertz CT molecular complexity index is 872. The summed E-state index contributed by atoms with van der Waals surface area (Å²) in [4.78, 5) is 25.0. The first kappa shape index (κ1) is 19.0. The van der Waals surface area contributed by atoms with Gasteiger partial charge in [-0.25, -0.2) is 0 Å². The molecule has 0 spiro atoms. The zero-order chi connectivity index (χ0) is 19.3. The molecule has 0 heterocycles. The van der Waals surface area contributed by atoms with E-state index in [0.29, 0.717) is 0 Å². The smallest absolute Gasteiger partial charge is 0.323 e. The van der Waals surface area contributed by atoms with Gasteiger partial charge in [0.15, 0.2) is 0 Å². The summed E-state index contributed by atoms with van der Waals surface area (Å²) in [5, 5.41) is 11.5. The van der Waals surface area contributed by atoms with Gasteiger partial charge in [-0.1, -0.05) is 18.2 Å². The number of hydrogen-bond acceptors (Lipinski definition) is 3. The van der Waals surface area contributed by atoms with Crippen LogP contribution in [0.4, 0.5) is 24.5 Å². The molecule has 2 rings (SSSR count). The molecule has 2 aromatic rings. The molecule has 0 unspecified atom stereocenters. The van der Waals surface area contributed by atoms with Gasteiger partial charge in [-0.05, 0) is 30.3 Å². The molecule has 1 N–H and O–H groups in total. The monoisotopic (exact) mass is 361 g/mol. The Morgan fingerprint density at radius 3 is 2.46 bits per heavy atom. The molecule has 0 aliphatic carbocycles. The van der Waals surface area contributed by atoms with E-state index in [1.807, 2.05) is 6.07 Å². The molecule has 0 saturated carbocycles. The maximum atomic E-state index is 12.9. The molecule has 0 bridgehead atoms. The minimum Gasteiger partial charge on any atom is -0.323 e. The number of halogens is 3. The molecule has 0 atom stereocenters. The number of anilines is 2. The summed E-state index contributed by atoms with van der Waals surface area (Å²) in [6, 6.07) is 12.3. The van der Waals surface area contributed by atoms with Crippen LogP contribution >= 0.6 is 0 Å². The van der Waals surface area contributed by atoms with Crippen LogP contribution in [-0.2, 0) is 15.8 Å². The van der Waals surface area contributed by atoms with Crippen molar-refractivity contribution in [2.75, 3.05) is 16.8 Å². The summed E-state index contributed by atoms with van der Waals surface area (Å²) in [6.07, 6.45) is -4.56. The van der Waals surface area contributed by atoms with Crippen molar-refractivity contribution in [3.8, 4) is 6.07 Å². The van der Waals surface area contributed by atoms with Crippen molar-refractivity contribution in [2.24, 2.45) is 0 Å². The van der Waals surface area contributed by atoms with Crippen LogP contribution < -0.4 is 10.2 Å². The molecule has 2 amide bonds. The number of nitrogens with zero attached hydrogens (tertiary/aromatic N) is 2. The fraction of sp³-hybridized carbons (Fsp3) is 0.167. The van der Waals surface area contributed by atoms with Gasteiger partial charge in [-0.15, -0.1) is 0 Å². The van der Waals surface area contributed by atoms with Gasteiger partial charge in [0.05, 0.1) is 16.8 Å². The molecule has 0 saturated heterocycles. The summed E-state index contributed by atoms with van der Waals surface area (Å²) < 4.78 is 38.6. The zero-order valence-corrected chi connectivity index (χ0v) is 13.7. The molecule has 134 valence electrons. The number of para-hydroxylation sites is 1. The molecular weight excluding hydrogens is 347 g/mol. The lowest BCUT2D eigenvalue weighted by Crippen LogP contribution is -2.37. The molecule has 0 fully saturated rings. The van der Waals surface area contributed by atoms with E-state index >= 15 is 0 Å². The lowest BCUT2D eigenvalue weighted by atomic mass is 10.1. The average molecular weight is 361 g/mol. The summed E-state index contributed by atoms with van der Waals surface area (Å²) in [5.41, 5.74) is -0.477. The van der Waals surface area contributed by atoms with Crippen molar-refractivity contribution >= 4 is 23.2 Å². The summed E-state index contributed by atoms with van der Waals surface area (Å²) in [6.45, 7) is 0.660. The first-order valence-electron chi connectivity index (χ1n) is 7.46. The number of nitrogens with one attached hydrogen (secondary N) is 1. The van der Waals surface area contributed by atoms with Crippen molar-refractivity contribution in [3.05, 3.63) is 59.7 Å². The third-order valence-corrected chi connectivity index (χ3v) is 3.49. The molecule has 0 aliphatic rings. The van der Waals surface area contributed by atoms with Crippen LogP contribution in [0.2, 0.25) is 0 Å². The van der Waals surface area contributed by atoms with E-state index in [9.17, 15) is 22.8 Å². The van der Waals surface area contributed by atoms with E-state index in [-0.39, 0.29) is 16.9 Å². The van der Waals surface area contributed by atoms with Gasteiger partial charge in [0.2, 0.25) is 11.8 Å². The number of nitriles is 1. The molecular formula is C18H14F3N3O2. The van der Waals surface area contributed by atoms with Gasteiger partial charge in [-0.3, -0.25) is 9.59 Å². The minimum atomic E-state index is -4.56. The van der Waals surface area contributed by atoms with Crippen molar-refractivity contribution in [3.63, 3.8) is 0 Å². The Morgan fingerprint density at radius 1 is 1.15 bits per heavy atom. The Labute approximate surface area is 147 Å². The predicted molar refractivity (Wildman–Crippen MR) is 89.3 cm³/mol. The third kappa shape index (κ3) is 4.60. The third-order valence-electron chi connectivity index (χ3n) is 3.49. The maximum Gasteiger partial charge on any atom is 0.416 e. The van der Waals surface area contributed by atoms with Crippen LogP contribution in [0.3, 0.4) is 0 Å². The predicted octanol–water partition coefficient (Wildman–Crippen LogP) is 3.57. The van der Waals surface area contributed by atoms with Crippen LogP contribution in [0, 0.1) is 11.3 Å². The molecule has 8 heteroatoms. The summed E-state index contributed by atoms with van der Waals surface area (Å²) >= 11 is 0.